The second-order valence-electron chi connectivity index (χ2n) is 7.94. The van der Waals surface area contributed by atoms with Gasteiger partial charge in [-0.2, -0.15) is 0 Å². The first kappa shape index (κ1) is 22.7. The zero-order chi connectivity index (χ0) is 21.4. The molecule has 0 spiro atoms. The van der Waals surface area contributed by atoms with Crippen LogP contribution in [0.5, 0.6) is 0 Å². The molecule has 0 atom stereocenters. The van der Waals surface area contributed by atoms with Gasteiger partial charge in [-0.1, -0.05) is 31.9 Å². The molecule has 0 aliphatic heterocycles. The summed E-state index contributed by atoms with van der Waals surface area (Å²) in [7, 11) is 0. The Hall–Kier alpha value is -2.63. The Balaban J connectivity index is 2.06. The number of hydrogen-bond acceptors (Lipinski definition) is 4. The number of nitrogens with one attached hydrogen (secondary N) is 1. The van der Waals surface area contributed by atoms with Gasteiger partial charge >= 0.3 is 0 Å². The van der Waals surface area contributed by atoms with Crippen LogP contribution in [0.4, 0.5) is 0 Å². The van der Waals surface area contributed by atoms with E-state index in [2.05, 4.69) is 17.2 Å². The molecule has 0 bridgehead atoms. The lowest BCUT2D eigenvalue weighted by molar-refractivity contribution is 0.0672. The van der Waals surface area contributed by atoms with E-state index in [1.165, 1.54) is 31.1 Å². The Bertz CT molecular complexity index is 794. The van der Waals surface area contributed by atoms with Gasteiger partial charge in [0.2, 0.25) is 5.89 Å². The first-order valence-electron chi connectivity index (χ1n) is 10.5. The zero-order valence-electron chi connectivity index (χ0n) is 18.2. The summed E-state index contributed by atoms with van der Waals surface area (Å²) in [6, 6.07) is 7.81. The fourth-order valence-electron chi connectivity index (χ4n) is 3.02. The third kappa shape index (κ3) is 6.73. The minimum Gasteiger partial charge on any atom is -0.446 e. The standard InChI is InChI=1S/C23H33N3O3/c1-6-7-8-9-18-10-12-19(13-11-18)23(28)26(17(4)5)14-21-25-20(15-29-21)22(27)24-16(2)3/h10-13,15-17H,6-9,14H2,1-5H3,(H,24,27). The molecule has 2 amide bonds. The maximum atomic E-state index is 13.0. The third-order valence-corrected chi connectivity index (χ3v) is 4.66. The Morgan fingerprint density at radius 1 is 1.10 bits per heavy atom. The van der Waals surface area contributed by atoms with Gasteiger partial charge in [-0.25, -0.2) is 4.98 Å². The molecule has 0 saturated carbocycles. The van der Waals surface area contributed by atoms with Crippen molar-refractivity contribution in [2.45, 2.75) is 78.9 Å². The highest BCUT2D eigenvalue weighted by Crippen LogP contribution is 2.15. The molecule has 1 heterocycles. The predicted molar refractivity (Wildman–Crippen MR) is 114 cm³/mol. The maximum absolute atomic E-state index is 13.0. The normalized spacial score (nSPS) is 11.1. The molecular weight excluding hydrogens is 366 g/mol. The van der Waals surface area contributed by atoms with Crippen LogP contribution in [0.1, 0.15) is 86.2 Å². The number of amides is 2. The molecule has 2 aromatic rings. The topological polar surface area (TPSA) is 75.4 Å². The highest BCUT2D eigenvalue weighted by Gasteiger charge is 2.22. The molecule has 0 fully saturated rings. The van der Waals surface area contributed by atoms with Gasteiger partial charge in [0.25, 0.3) is 11.8 Å². The van der Waals surface area contributed by atoms with E-state index in [-0.39, 0.29) is 36.1 Å². The van der Waals surface area contributed by atoms with Crippen molar-refractivity contribution in [1.82, 2.24) is 15.2 Å². The molecule has 2 rings (SSSR count). The minimum absolute atomic E-state index is 0.0151. The number of hydrogen-bond donors (Lipinski definition) is 1. The smallest absolute Gasteiger partial charge is 0.273 e. The highest BCUT2D eigenvalue weighted by atomic mass is 16.3. The number of nitrogens with zero attached hydrogens (tertiary/aromatic N) is 2. The molecule has 158 valence electrons. The van der Waals surface area contributed by atoms with Crippen LogP contribution in [0.2, 0.25) is 0 Å². The number of aryl methyl sites for hydroxylation is 1. The molecule has 1 N–H and O–H groups in total. The lowest BCUT2D eigenvalue weighted by atomic mass is 10.0. The van der Waals surface area contributed by atoms with Crippen molar-refractivity contribution >= 4 is 11.8 Å². The molecule has 0 aliphatic carbocycles. The van der Waals surface area contributed by atoms with E-state index in [0.29, 0.717) is 11.5 Å². The molecule has 29 heavy (non-hydrogen) atoms. The lowest BCUT2D eigenvalue weighted by Gasteiger charge is -2.25. The molecule has 1 aromatic heterocycles. The average molecular weight is 400 g/mol. The number of oxazole rings is 1. The molecule has 6 heteroatoms. The van der Waals surface area contributed by atoms with Crippen molar-refractivity contribution in [2.75, 3.05) is 0 Å². The van der Waals surface area contributed by atoms with Gasteiger partial charge in [0.15, 0.2) is 5.69 Å². The summed E-state index contributed by atoms with van der Waals surface area (Å²) >= 11 is 0. The molecule has 0 radical (unpaired) electrons. The SMILES string of the molecule is CCCCCc1ccc(C(=O)N(Cc2nc(C(=O)NC(C)C)co2)C(C)C)cc1. The van der Waals surface area contributed by atoms with Crippen molar-refractivity contribution in [3.63, 3.8) is 0 Å². The molecule has 0 unspecified atom stereocenters. The summed E-state index contributed by atoms with van der Waals surface area (Å²) in [5, 5.41) is 2.78. The van der Waals surface area contributed by atoms with Gasteiger partial charge < -0.3 is 14.6 Å². The van der Waals surface area contributed by atoms with Gasteiger partial charge in [-0.05, 0) is 58.2 Å². The highest BCUT2D eigenvalue weighted by molar-refractivity contribution is 5.94. The summed E-state index contributed by atoms with van der Waals surface area (Å²) in [5.74, 6) is -0.0142. The maximum Gasteiger partial charge on any atom is 0.273 e. The zero-order valence-corrected chi connectivity index (χ0v) is 18.2. The molecule has 0 saturated heterocycles. The largest absolute Gasteiger partial charge is 0.446 e. The van der Waals surface area contributed by atoms with E-state index in [4.69, 9.17) is 4.42 Å². The van der Waals surface area contributed by atoms with Gasteiger partial charge in [0.05, 0.1) is 6.54 Å². The average Bonchev–Trinajstić information content (AvgIpc) is 3.14. The second kappa shape index (κ2) is 10.8. The van der Waals surface area contributed by atoms with Crippen LogP contribution >= 0.6 is 0 Å². The minimum atomic E-state index is -0.281. The summed E-state index contributed by atoms with van der Waals surface area (Å²) in [4.78, 5) is 31.0. The van der Waals surface area contributed by atoms with E-state index < -0.39 is 0 Å². The van der Waals surface area contributed by atoms with Crippen molar-refractivity contribution in [3.05, 3.63) is 53.2 Å². The number of carbonyl (C=O) groups is 2. The number of aromatic nitrogens is 1. The van der Waals surface area contributed by atoms with Gasteiger partial charge in [-0.3, -0.25) is 9.59 Å². The van der Waals surface area contributed by atoms with Crippen LogP contribution < -0.4 is 5.32 Å². The Morgan fingerprint density at radius 2 is 1.79 bits per heavy atom. The van der Waals surface area contributed by atoms with E-state index in [1.807, 2.05) is 52.0 Å². The monoisotopic (exact) mass is 399 g/mol. The third-order valence-electron chi connectivity index (χ3n) is 4.66. The van der Waals surface area contributed by atoms with Crippen molar-refractivity contribution in [1.29, 1.82) is 0 Å². The number of rotatable bonds is 10. The fraction of sp³-hybridized carbons (Fsp3) is 0.522. The predicted octanol–water partition coefficient (Wildman–Crippen LogP) is 4.60. The summed E-state index contributed by atoms with van der Waals surface area (Å²) in [6.07, 6.45) is 5.95. The Kier molecular flexibility index (Phi) is 8.43. The van der Waals surface area contributed by atoms with Gasteiger partial charge in [0, 0.05) is 17.6 Å². The van der Waals surface area contributed by atoms with Crippen LogP contribution in [-0.2, 0) is 13.0 Å². The molecule has 6 nitrogen and oxygen atoms in total. The van der Waals surface area contributed by atoms with E-state index in [9.17, 15) is 9.59 Å². The van der Waals surface area contributed by atoms with Crippen LogP contribution in [-0.4, -0.2) is 33.8 Å². The lowest BCUT2D eigenvalue weighted by Crippen LogP contribution is -2.36. The van der Waals surface area contributed by atoms with Crippen LogP contribution in [0, 0.1) is 0 Å². The summed E-state index contributed by atoms with van der Waals surface area (Å²) in [6.45, 7) is 10.1. The number of benzene rings is 1. The van der Waals surface area contributed by atoms with Crippen molar-refractivity contribution in [3.8, 4) is 0 Å². The molecule has 0 aliphatic rings. The molecule has 1 aromatic carbocycles. The van der Waals surface area contributed by atoms with Crippen molar-refractivity contribution < 1.29 is 14.0 Å². The Morgan fingerprint density at radius 3 is 2.38 bits per heavy atom. The van der Waals surface area contributed by atoms with E-state index in [1.54, 1.807) is 4.90 Å². The number of unbranched alkanes of at least 4 members (excludes halogenated alkanes) is 2. The summed E-state index contributed by atoms with van der Waals surface area (Å²) in [5.41, 5.74) is 2.11. The van der Waals surface area contributed by atoms with Crippen molar-refractivity contribution in [2.24, 2.45) is 0 Å². The fourth-order valence-corrected chi connectivity index (χ4v) is 3.02. The first-order valence-corrected chi connectivity index (χ1v) is 10.5. The summed E-state index contributed by atoms with van der Waals surface area (Å²) < 4.78 is 5.44. The van der Waals surface area contributed by atoms with Crippen LogP contribution in [0.3, 0.4) is 0 Å². The first-order chi connectivity index (χ1) is 13.8. The second-order valence-corrected chi connectivity index (χ2v) is 7.94. The van der Waals surface area contributed by atoms with E-state index >= 15 is 0 Å². The van der Waals surface area contributed by atoms with E-state index in [0.717, 1.165) is 6.42 Å². The quantitative estimate of drug-likeness (QED) is 0.593. The van der Waals surface area contributed by atoms with Crippen LogP contribution in [0.25, 0.3) is 0 Å². The molecular formula is C23H33N3O3. The Labute approximate surface area is 173 Å². The van der Waals surface area contributed by atoms with Gasteiger partial charge in [0.1, 0.15) is 6.26 Å². The van der Waals surface area contributed by atoms with Gasteiger partial charge in [-0.15, -0.1) is 0 Å². The number of carbonyl (C=O) groups excluding carboxylic acids is 2. The van der Waals surface area contributed by atoms with Crippen LogP contribution in [0.15, 0.2) is 34.9 Å².